The molecule has 0 rings (SSSR count). The van der Waals surface area contributed by atoms with E-state index in [0.717, 1.165) is 25.7 Å². The van der Waals surface area contributed by atoms with Crippen molar-refractivity contribution in [3.8, 4) is 0 Å². The monoisotopic (exact) mass is 244 g/mol. The molecule has 6 nitrogen and oxygen atoms in total. The minimum absolute atomic E-state index is 0. The van der Waals surface area contributed by atoms with Crippen LogP contribution in [-0.2, 0) is 9.09 Å². The lowest BCUT2D eigenvalue weighted by Crippen LogP contribution is -2.19. The summed E-state index contributed by atoms with van der Waals surface area (Å²) in [4.78, 5) is 20.4. The molecule has 8 N–H and O–H groups in total. The van der Waals surface area contributed by atoms with E-state index in [0.29, 0.717) is 0 Å². The molecule has 0 spiro atoms. The van der Waals surface area contributed by atoms with E-state index in [1.54, 1.807) is 0 Å². The summed E-state index contributed by atoms with van der Waals surface area (Å²) in [7, 11) is -4.76. The molecule has 0 radical (unpaired) electrons. The molecule has 15 heavy (non-hydrogen) atoms. The molecule has 0 aromatic heterocycles. The third-order valence-corrected chi connectivity index (χ3v) is 2.48. The molecule has 0 heterocycles. The molecule has 1 atom stereocenters. The molecule has 0 aromatic carbocycles. The highest BCUT2D eigenvalue weighted by molar-refractivity contribution is 7.43. The molecule has 0 amide bonds. The molecule has 0 aromatic rings. The van der Waals surface area contributed by atoms with Gasteiger partial charge in [0.2, 0.25) is 0 Å². The van der Waals surface area contributed by atoms with Crippen molar-refractivity contribution < 1.29 is 18.9 Å². The van der Waals surface area contributed by atoms with Gasteiger partial charge in [0, 0.05) is 0 Å². The Morgan fingerprint density at radius 1 is 1.27 bits per heavy atom. The molecule has 0 saturated carbocycles. The predicted molar refractivity (Wildman–Crippen MR) is 58.8 cm³/mol. The summed E-state index contributed by atoms with van der Waals surface area (Å²) in [5, 5.41) is 0. The summed E-state index contributed by atoms with van der Waals surface area (Å²) in [6, 6.07) is 0. The number of phosphoric ester groups is 1. The summed E-state index contributed by atoms with van der Waals surface area (Å²) in [6.07, 6.45) is 3.89. The van der Waals surface area contributed by atoms with E-state index in [4.69, 9.17) is 0 Å². The first-order chi connectivity index (χ1) is 5.99. The number of unbranched alkanes of at least 4 members (excludes halogenated alkanes) is 1. The average Bonchev–Trinajstić information content (AvgIpc) is 2.03. The maximum absolute atomic E-state index is 10.2. The lowest BCUT2D eigenvalue weighted by atomic mass is 10.0. The van der Waals surface area contributed by atoms with Crippen LogP contribution < -0.4 is 22.1 Å². The standard InChI is InChI=1S/C8H19O4P.2H3N/c1-3-5-6-8(4-2)7-12-13(9,10)11;;/h8H,3-7H2,1-2H3,(H2,9,10,11);2*1H3. The fourth-order valence-electron chi connectivity index (χ4n) is 1.09. The van der Waals surface area contributed by atoms with Crippen LogP contribution in [0.3, 0.4) is 0 Å². The Bertz CT molecular complexity index is 174. The zero-order valence-corrected chi connectivity index (χ0v) is 11.1. The van der Waals surface area contributed by atoms with Gasteiger partial charge in [-0.2, -0.15) is 0 Å². The molecular formula is C8H25N2O4P. The summed E-state index contributed by atoms with van der Waals surface area (Å²) in [5.41, 5.74) is 0. The number of quaternary nitrogens is 2. The fraction of sp³-hybridized carbons (Fsp3) is 1.00. The van der Waals surface area contributed by atoms with Gasteiger partial charge in [0.05, 0.1) is 14.4 Å². The zero-order valence-electron chi connectivity index (χ0n) is 10.2. The Labute approximate surface area is 91.8 Å². The molecule has 1 unspecified atom stereocenters. The Kier molecular flexibility index (Phi) is 14.4. The quantitative estimate of drug-likeness (QED) is 0.657. The summed E-state index contributed by atoms with van der Waals surface area (Å²) in [6.45, 7) is 4.07. The highest BCUT2D eigenvalue weighted by Gasteiger charge is 2.06. The third-order valence-electron chi connectivity index (χ3n) is 2.01. The van der Waals surface area contributed by atoms with E-state index >= 15 is 0 Å². The summed E-state index contributed by atoms with van der Waals surface area (Å²) < 4.78 is 14.4. The maximum atomic E-state index is 10.2. The third kappa shape index (κ3) is 14.0. The van der Waals surface area contributed by atoms with Crippen molar-refractivity contribution in [2.75, 3.05) is 6.61 Å². The number of phosphoric acid groups is 1. The van der Waals surface area contributed by atoms with Gasteiger partial charge in [0.15, 0.2) is 0 Å². The first-order valence-corrected chi connectivity index (χ1v) is 6.12. The normalized spacial score (nSPS) is 12.5. The van der Waals surface area contributed by atoms with Crippen LogP contribution in [0.1, 0.15) is 39.5 Å². The van der Waals surface area contributed by atoms with E-state index in [-0.39, 0.29) is 24.8 Å². The van der Waals surface area contributed by atoms with Gasteiger partial charge in [-0.15, -0.1) is 0 Å². The van der Waals surface area contributed by atoms with Gasteiger partial charge in [-0.05, 0) is 12.3 Å². The molecular weight excluding hydrogens is 219 g/mol. The Balaban J connectivity index is -0.000000720. The predicted octanol–water partition coefficient (Wildman–Crippen LogP) is 1.80. The van der Waals surface area contributed by atoms with Gasteiger partial charge in [0.25, 0.3) is 0 Å². The molecule has 0 aliphatic heterocycles. The highest BCUT2D eigenvalue weighted by atomic mass is 31.2. The molecule has 7 heteroatoms. The smallest absolute Gasteiger partial charge is 0.0596 e. The molecule has 0 aliphatic rings. The van der Waals surface area contributed by atoms with Gasteiger partial charge < -0.3 is 31.2 Å². The Morgan fingerprint density at radius 2 is 1.80 bits per heavy atom. The van der Waals surface area contributed by atoms with Crippen LogP contribution in [0.5, 0.6) is 0 Å². The van der Waals surface area contributed by atoms with E-state index < -0.39 is 7.82 Å². The first kappa shape index (κ1) is 20.4. The molecule has 0 saturated heterocycles. The lowest BCUT2D eigenvalue weighted by Gasteiger charge is -2.30. The molecule has 0 bridgehead atoms. The van der Waals surface area contributed by atoms with Crippen molar-refractivity contribution >= 4 is 7.82 Å². The van der Waals surface area contributed by atoms with Crippen LogP contribution in [0.4, 0.5) is 0 Å². The molecule has 0 fully saturated rings. The van der Waals surface area contributed by atoms with Crippen LogP contribution >= 0.6 is 7.82 Å². The zero-order chi connectivity index (χ0) is 10.3. The average molecular weight is 244 g/mol. The van der Waals surface area contributed by atoms with Crippen molar-refractivity contribution in [3.05, 3.63) is 0 Å². The SMILES string of the molecule is CCCCC(CC)COP(=O)([O-])[O-].[NH4+].[NH4+]. The second-order valence-electron chi connectivity index (χ2n) is 3.16. The second kappa shape index (κ2) is 10.5. The molecule has 96 valence electrons. The van der Waals surface area contributed by atoms with Gasteiger partial charge in [-0.25, -0.2) is 0 Å². The minimum Gasteiger partial charge on any atom is -0.790 e. The van der Waals surface area contributed by atoms with Crippen LogP contribution in [0, 0.1) is 5.92 Å². The number of hydrogen-bond donors (Lipinski definition) is 2. The maximum Gasteiger partial charge on any atom is 0.0596 e. The van der Waals surface area contributed by atoms with Crippen LogP contribution in [0.25, 0.3) is 0 Å². The number of rotatable bonds is 7. The lowest BCUT2D eigenvalue weighted by molar-refractivity contribution is -0.342. The molecule has 0 aliphatic carbocycles. The van der Waals surface area contributed by atoms with Gasteiger partial charge in [-0.3, -0.25) is 0 Å². The largest absolute Gasteiger partial charge is 0.790 e. The van der Waals surface area contributed by atoms with Crippen molar-refractivity contribution in [1.82, 2.24) is 12.3 Å². The van der Waals surface area contributed by atoms with Crippen molar-refractivity contribution in [2.45, 2.75) is 39.5 Å². The van der Waals surface area contributed by atoms with E-state index in [1.807, 2.05) is 6.92 Å². The summed E-state index contributed by atoms with van der Waals surface area (Å²) in [5.74, 6) is 0.191. The van der Waals surface area contributed by atoms with Crippen LogP contribution in [0.2, 0.25) is 0 Å². The minimum atomic E-state index is -4.76. The van der Waals surface area contributed by atoms with E-state index in [9.17, 15) is 14.4 Å². The van der Waals surface area contributed by atoms with Gasteiger partial charge in [0.1, 0.15) is 0 Å². The van der Waals surface area contributed by atoms with Gasteiger partial charge in [-0.1, -0.05) is 33.1 Å². The van der Waals surface area contributed by atoms with Gasteiger partial charge >= 0.3 is 0 Å². The van der Waals surface area contributed by atoms with Crippen LogP contribution in [0.15, 0.2) is 0 Å². The van der Waals surface area contributed by atoms with Crippen molar-refractivity contribution in [3.63, 3.8) is 0 Å². The van der Waals surface area contributed by atoms with Crippen molar-refractivity contribution in [2.24, 2.45) is 5.92 Å². The Morgan fingerprint density at radius 3 is 2.13 bits per heavy atom. The Hall–Kier alpha value is 0.0300. The summed E-state index contributed by atoms with van der Waals surface area (Å²) >= 11 is 0. The van der Waals surface area contributed by atoms with Crippen LogP contribution in [-0.4, -0.2) is 6.61 Å². The topological polar surface area (TPSA) is 145 Å². The first-order valence-electron chi connectivity index (χ1n) is 4.66. The van der Waals surface area contributed by atoms with E-state index in [1.165, 1.54) is 0 Å². The van der Waals surface area contributed by atoms with E-state index in [2.05, 4.69) is 11.4 Å². The second-order valence-corrected chi connectivity index (χ2v) is 4.31. The number of hydrogen-bond acceptors (Lipinski definition) is 4. The fourth-order valence-corrected chi connectivity index (χ4v) is 1.49. The highest BCUT2D eigenvalue weighted by Crippen LogP contribution is 2.27. The van der Waals surface area contributed by atoms with Crippen molar-refractivity contribution in [1.29, 1.82) is 0 Å².